The zero-order chi connectivity index (χ0) is 13.5. The third-order valence-electron chi connectivity index (χ3n) is 2.67. The SMILES string of the molecule is CCCCC(=O)Nc1cccc(C)c1/C(N)=N/O. The van der Waals surface area contributed by atoms with Crippen LogP contribution in [-0.4, -0.2) is 17.0 Å². The summed E-state index contributed by atoms with van der Waals surface area (Å²) in [6, 6.07) is 5.40. The van der Waals surface area contributed by atoms with Gasteiger partial charge in [-0.3, -0.25) is 4.79 Å². The van der Waals surface area contributed by atoms with E-state index in [0.29, 0.717) is 17.7 Å². The smallest absolute Gasteiger partial charge is 0.224 e. The molecule has 0 atom stereocenters. The molecule has 0 fully saturated rings. The van der Waals surface area contributed by atoms with Crippen LogP contribution >= 0.6 is 0 Å². The van der Waals surface area contributed by atoms with E-state index in [0.717, 1.165) is 18.4 Å². The monoisotopic (exact) mass is 249 g/mol. The first-order valence-electron chi connectivity index (χ1n) is 5.97. The Balaban J connectivity index is 2.95. The zero-order valence-corrected chi connectivity index (χ0v) is 10.7. The molecule has 1 aromatic rings. The number of aryl methyl sites for hydroxylation is 1. The van der Waals surface area contributed by atoms with Crippen molar-refractivity contribution >= 4 is 17.4 Å². The number of nitrogens with zero attached hydrogens (tertiary/aromatic N) is 1. The number of hydrogen-bond acceptors (Lipinski definition) is 3. The molecule has 98 valence electrons. The average Bonchev–Trinajstić information content (AvgIpc) is 2.35. The Labute approximate surface area is 107 Å². The fraction of sp³-hybridized carbons (Fsp3) is 0.385. The fourth-order valence-corrected chi connectivity index (χ4v) is 1.71. The molecule has 0 bridgehead atoms. The molecule has 4 N–H and O–H groups in total. The number of unbranched alkanes of at least 4 members (excludes halogenated alkanes) is 1. The summed E-state index contributed by atoms with van der Waals surface area (Å²) in [6.07, 6.45) is 2.28. The molecule has 0 aliphatic rings. The van der Waals surface area contributed by atoms with E-state index < -0.39 is 0 Å². The first kappa shape index (κ1) is 14.0. The average molecular weight is 249 g/mol. The molecule has 1 amide bonds. The number of anilines is 1. The predicted molar refractivity (Wildman–Crippen MR) is 71.8 cm³/mol. The molecule has 0 aromatic heterocycles. The Morgan fingerprint density at radius 1 is 1.50 bits per heavy atom. The van der Waals surface area contributed by atoms with Crippen LogP contribution in [0.2, 0.25) is 0 Å². The van der Waals surface area contributed by atoms with Crippen LogP contribution in [0.3, 0.4) is 0 Å². The largest absolute Gasteiger partial charge is 0.409 e. The number of rotatable bonds is 5. The first-order valence-corrected chi connectivity index (χ1v) is 5.97. The van der Waals surface area contributed by atoms with E-state index in [4.69, 9.17) is 10.9 Å². The van der Waals surface area contributed by atoms with Gasteiger partial charge in [0.1, 0.15) is 0 Å². The second-order valence-electron chi connectivity index (χ2n) is 4.13. The Bertz CT molecular complexity index is 456. The van der Waals surface area contributed by atoms with Gasteiger partial charge in [-0.2, -0.15) is 0 Å². The molecule has 0 heterocycles. The summed E-state index contributed by atoms with van der Waals surface area (Å²) in [5, 5.41) is 14.5. The molecular weight excluding hydrogens is 230 g/mol. The van der Waals surface area contributed by atoms with Crippen molar-refractivity contribution in [1.29, 1.82) is 0 Å². The van der Waals surface area contributed by atoms with Crippen LogP contribution < -0.4 is 11.1 Å². The molecule has 0 aliphatic carbocycles. The molecule has 5 heteroatoms. The molecule has 1 rings (SSSR count). The molecule has 0 radical (unpaired) electrons. The normalized spacial score (nSPS) is 11.3. The van der Waals surface area contributed by atoms with Gasteiger partial charge >= 0.3 is 0 Å². The lowest BCUT2D eigenvalue weighted by Gasteiger charge is -2.12. The standard InChI is InChI=1S/C13H19N3O2/c1-3-4-8-11(17)15-10-7-5-6-9(2)12(10)13(14)16-18/h5-7,18H,3-4,8H2,1-2H3,(H2,14,16)(H,15,17). The molecular formula is C13H19N3O2. The minimum absolute atomic E-state index is 0.00103. The van der Waals surface area contributed by atoms with Crippen LogP contribution in [0.25, 0.3) is 0 Å². The van der Waals surface area contributed by atoms with Crippen molar-refractivity contribution in [2.45, 2.75) is 33.1 Å². The van der Waals surface area contributed by atoms with Crippen molar-refractivity contribution < 1.29 is 10.0 Å². The van der Waals surface area contributed by atoms with Gasteiger partial charge in [0, 0.05) is 12.0 Å². The molecule has 0 unspecified atom stereocenters. The number of hydrogen-bond donors (Lipinski definition) is 3. The van der Waals surface area contributed by atoms with Gasteiger partial charge in [0.2, 0.25) is 5.91 Å². The van der Waals surface area contributed by atoms with Crippen molar-refractivity contribution in [2.75, 3.05) is 5.32 Å². The second kappa shape index (κ2) is 6.64. The summed E-state index contributed by atoms with van der Waals surface area (Å²) in [6.45, 7) is 3.87. The van der Waals surface area contributed by atoms with E-state index in [1.165, 1.54) is 0 Å². The highest BCUT2D eigenvalue weighted by Gasteiger charge is 2.12. The van der Waals surface area contributed by atoms with Crippen LogP contribution in [-0.2, 0) is 4.79 Å². The van der Waals surface area contributed by atoms with Gasteiger partial charge in [0.25, 0.3) is 0 Å². The number of nitrogens with two attached hydrogens (primary N) is 1. The minimum atomic E-state index is -0.0607. The van der Waals surface area contributed by atoms with Crippen molar-refractivity contribution in [3.8, 4) is 0 Å². The van der Waals surface area contributed by atoms with Crippen LogP contribution in [0.1, 0.15) is 37.3 Å². The maximum Gasteiger partial charge on any atom is 0.224 e. The van der Waals surface area contributed by atoms with Gasteiger partial charge in [0.05, 0.1) is 5.69 Å². The van der Waals surface area contributed by atoms with Crippen LogP contribution in [0.4, 0.5) is 5.69 Å². The van der Waals surface area contributed by atoms with E-state index in [1.807, 2.05) is 26.0 Å². The van der Waals surface area contributed by atoms with Gasteiger partial charge in [-0.05, 0) is 25.0 Å². The highest BCUT2D eigenvalue weighted by atomic mass is 16.4. The number of carbonyl (C=O) groups excluding carboxylic acids is 1. The van der Waals surface area contributed by atoms with Crippen molar-refractivity contribution in [3.05, 3.63) is 29.3 Å². The first-order chi connectivity index (χ1) is 8.60. The maximum absolute atomic E-state index is 11.7. The number of benzene rings is 1. The molecule has 18 heavy (non-hydrogen) atoms. The van der Waals surface area contributed by atoms with Crippen molar-refractivity contribution in [3.63, 3.8) is 0 Å². The Morgan fingerprint density at radius 2 is 2.22 bits per heavy atom. The zero-order valence-electron chi connectivity index (χ0n) is 10.7. The van der Waals surface area contributed by atoms with Crippen molar-refractivity contribution in [2.24, 2.45) is 10.9 Å². The summed E-state index contributed by atoms with van der Waals surface area (Å²) >= 11 is 0. The lowest BCUT2D eigenvalue weighted by molar-refractivity contribution is -0.116. The Kier molecular flexibility index (Phi) is 5.17. The molecule has 0 spiro atoms. The lowest BCUT2D eigenvalue weighted by atomic mass is 10.1. The van der Waals surface area contributed by atoms with Gasteiger partial charge in [-0.25, -0.2) is 0 Å². The van der Waals surface area contributed by atoms with Crippen LogP contribution in [0, 0.1) is 6.92 Å². The van der Waals surface area contributed by atoms with Crippen molar-refractivity contribution in [1.82, 2.24) is 0 Å². The summed E-state index contributed by atoms with van der Waals surface area (Å²) in [7, 11) is 0. The van der Waals surface area contributed by atoms with E-state index in [1.54, 1.807) is 6.07 Å². The molecule has 0 saturated heterocycles. The quantitative estimate of drug-likeness (QED) is 0.323. The van der Waals surface area contributed by atoms with Gasteiger partial charge in [-0.15, -0.1) is 0 Å². The van der Waals surface area contributed by atoms with E-state index in [2.05, 4.69) is 10.5 Å². The molecule has 0 saturated carbocycles. The topological polar surface area (TPSA) is 87.7 Å². The molecule has 1 aromatic carbocycles. The van der Waals surface area contributed by atoms with E-state index in [-0.39, 0.29) is 11.7 Å². The highest BCUT2D eigenvalue weighted by molar-refractivity contribution is 6.06. The number of carbonyl (C=O) groups is 1. The number of oxime groups is 1. The minimum Gasteiger partial charge on any atom is -0.409 e. The number of amides is 1. The summed E-state index contributed by atoms with van der Waals surface area (Å²) in [4.78, 5) is 11.7. The van der Waals surface area contributed by atoms with E-state index >= 15 is 0 Å². The third-order valence-corrected chi connectivity index (χ3v) is 2.67. The van der Waals surface area contributed by atoms with Crippen LogP contribution in [0.15, 0.2) is 23.4 Å². The van der Waals surface area contributed by atoms with Gasteiger partial charge in [-0.1, -0.05) is 30.6 Å². The van der Waals surface area contributed by atoms with Gasteiger partial charge in [0.15, 0.2) is 5.84 Å². The predicted octanol–water partition coefficient (Wildman–Crippen LogP) is 2.22. The maximum atomic E-state index is 11.7. The highest BCUT2D eigenvalue weighted by Crippen LogP contribution is 2.19. The van der Waals surface area contributed by atoms with Crippen LogP contribution in [0.5, 0.6) is 0 Å². The summed E-state index contributed by atoms with van der Waals surface area (Å²) < 4.78 is 0. The summed E-state index contributed by atoms with van der Waals surface area (Å²) in [5.41, 5.74) is 7.60. The number of amidine groups is 1. The number of nitrogens with one attached hydrogen (secondary N) is 1. The third kappa shape index (κ3) is 3.48. The Morgan fingerprint density at radius 3 is 2.83 bits per heavy atom. The van der Waals surface area contributed by atoms with Gasteiger partial charge < -0.3 is 16.3 Å². The summed E-state index contributed by atoms with van der Waals surface area (Å²) in [5.74, 6) is -0.0617. The Hall–Kier alpha value is -2.04. The molecule has 0 aliphatic heterocycles. The second-order valence-corrected chi connectivity index (χ2v) is 4.13. The fourth-order valence-electron chi connectivity index (χ4n) is 1.71. The van der Waals surface area contributed by atoms with E-state index in [9.17, 15) is 4.79 Å². The lowest BCUT2D eigenvalue weighted by Crippen LogP contribution is -2.20. The molecule has 5 nitrogen and oxygen atoms in total.